The number of oxime groups is 1. The van der Waals surface area contributed by atoms with E-state index in [1.807, 2.05) is 30.3 Å². The van der Waals surface area contributed by atoms with Crippen LogP contribution < -0.4 is 5.32 Å². The van der Waals surface area contributed by atoms with Crippen LogP contribution in [-0.4, -0.2) is 27.5 Å². The number of carbonyl (C=O) groups excluding carboxylic acids is 1. The van der Waals surface area contributed by atoms with Crippen LogP contribution in [0, 0.1) is 5.82 Å². The summed E-state index contributed by atoms with van der Waals surface area (Å²) in [6.45, 7) is 0.542. The zero-order valence-corrected chi connectivity index (χ0v) is 14.4. The minimum atomic E-state index is -0.761. The average Bonchev–Trinajstić information content (AvgIpc) is 3.33. The van der Waals surface area contributed by atoms with Crippen molar-refractivity contribution in [3.8, 4) is 0 Å². The fourth-order valence-corrected chi connectivity index (χ4v) is 2.88. The van der Waals surface area contributed by atoms with Crippen LogP contribution in [-0.2, 0) is 16.2 Å². The Bertz CT molecular complexity index is 984. The SMILES string of the molecule is O=C(Nc1ccnn1Cc1ccccc1)C1CC(c2cccc(F)c2)=NO1. The van der Waals surface area contributed by atoms with Crippen molar-refractivity contribution in [2.24, 2.45) is 5.16 Å². The van der Waals surface area contributed by atoms with E-state index in [1.165, 1.54) is 12.1 Å². The van der Waals surface area contributed by atoms with E-state index in [0.717, 1.165) is 5.56 Å². The Morgan fingerprint density at radius 1 is 1.19 bits per heavy atom. The Kier molecular flexibility index (Phi) is 4.65. The van der Waals surface area contributed by atoms with Crippen molar-refractivity contribution in [2.75, 3.05) is 5.32 Å². The van der Waals surface area contributed by atoms with Gasteiger partial charge < -0.3 is 10.2 Å². The molecule has 0 radical (unpaired) electrons. The second-order valence-electron chi connectivity index (χ2n) is 6.20. The Morgan fingerprint density at radius 3 is 2.85 bits per heavy atom. The van der Waals surface area contributed by atoms with Gasteiger partial charge in [0.2, 0.25) is 6.10 Å². The van der Waals surface area contributed by atoms with E-state index in [0.29, 0.717) is 23.6 Å². The number of nitrogens with zero attached hydrogens (tertiary/aromatic N) is 3. The number of nitrogens with one attached hydrogen (secondary N) is 1. The van der Waals surface area contributed by atoms with Gasteiger partial charge in [-0.1, -0.05) is 47.6 Å². The van der Waals surface area contributed by atoms with Crippen molar-refractivity contribution >= 4 is 17.4 Å². The lowest BCUT2D eigenvalue weighted by Gasteiger charge is -2.11. The van der Waals surface area contributed by atoms with E-state index in [9.17, 15) is 9.18 Å². The van der Waals surface area contributed by atoms with Crippen LogP contribution >= 0.6 is 0 Å². The minimum Gasteiger partial charge on any atom is -0.382 e. The first-order chi connectivity index (χ1) is 13.2. The number of aromatic nitrogens is 2. The molecule has 0 fully saturated rings. The second kappa shape index (κ2) is 7.41. The highest BCUT2D eigenvalue weighted by Crippen LogP contribution is 2.19. The molecule has 27 heavy (non-hydrogen) atoms. The number of rotatable bonds is 5. The zero-order chi connectivity index (χ0) is 18.6. The van der Waals surface area contributed by atoms with Gasteiger partial charge in [-0.25, -0.2) is 9.07 Å². The fourth-order valence-electron chi connectivity index (χ4n) is 2.88. The molecule has 1 aliphatic heterocycles. The first-order valence-electron chi connectivity index (χ1n) is 8.54. The summed E-state index contributed by atoms with van der Waals surface area (Å²) in [5.41, 5.74) is 2.23. The highest BCUT2D eigenvalue weighted by molar-refractivity contribution is 6.05. The molecule has 0 bridgehead atoms. The molecule has 0 saturated carbocycles. The quantitative estimate of drug-likeness (QED) is 0.756. The molecule has 1 atom stereocenters. The van der Waals surface area contributed by atoms with Gasteiger partial charge in [0.15, 0.2) is 0 Å². The van der Waals surface area contributed by atoms with Crippen LogP contribution in [0.3, 0.4) is 0 Å². The van der Waals surface area contributed by atoms with Gasteiger partial charge in [-0.2, -0.15) is 5.10 Å². The third kappa shape index (κ3) is 3.87. The first-order valence-corrected chi connectivity index (χ1v) is 8.54. The fraction of sp³-hybridized carbons (Fsp3) is 0.150. The molecule has 2 heterocycles. The largest absolute Gasteiger partial charge is 0.382 e. The van der Waals surface area contributed by atoms with Gasteiger partial charge in [0, 0.05) is 18.1 Å². The van der Waals surface area contributed by atoms with Crippen LogP contribution in [0.4, 0.5) is 10.2 Å². The average molecular weight is 364 g/mol. The topological polar surface area (TPSA) is 68.5 Å². The Balaban J connectivity index is 1.40. The minimum absolute atomic E-state index is 0.280. The van der Waals surface area contributed by atoms with Crippen LogP contribution in [0.2, 0.25) is 0 Å². The molecule has 1 aliphatic rings. The van der Waals surface area contributed by atoms with Crippen molar-refractivity contribution in [1.82, 2.24) is 9.78 Å². The van der Waals surface area contributed by atoms with Crippen molar-refractivity contribution < 1.29 is 14.0 Å². The molecule has 4 rings (SSSR count). The molecule has 7 heteroatoms. The normalized spacial score (nSPS) is 15.9. The second-order valence-corrected chi connectivity index (χ2v) is 6.20. The molecule has 136 valence electrons. The molecule has 0 saturated heterocycles. The molecule has 0 spiro atoms. The Labute approximate surface area is 155 Å². The van der Waals surface area contributed by atoms with Gasteiger partial charge in [-0.05, 0) is 17.7 Å². The molecular formula is C20H17FN4O2. The van der Waals surface area contributed by atoms with E-state index in [2.05, 4.69) is 15.6 Å². The molecule has 2 aromatic carbocycles. The maximum Gasteiger partial charge on any atom is 0.269 e. The number of halogens is 1. The smallest absolute Gasteiger partial charge is 0.269 e. The van der Waals surface area contributed by atoms with Crippen LogP contribution in [0.25, 0.3) is 0 Å². The zero-order valence-electron chi connectivity index (χ0n) is 14.4. The lowest BCUT2D eigenvalue weighted by Crippen LogP contribution is -2.29. The van der Waals surface area contributed by atoms with Crippen molar-refractivity contribution in [3.63, 3.8) is 0 Å². The van der Waals surface area contributed by atoms with E-state index in [1.54, 1.807) is 29.1 Å². The highest BCUT2D eigenvalue weighted by atomic mass is 19.1. The summed E-state index contributed by atoms with van der Waals surface area (Å²) < 4.78 is 15.1. The van der Waals surface area contributed by atoms with E-state index >= 15 is 0 Å². The summed E-state index contributed by atoms with van der Waals surface area (Å²) >= 11 is 0. The van der Waals surface area contributed by atoms with Crippen molar-refractivity contribution in [2.45, 2.75) is 19.1 Å². The Morgan fingerprint density at radius 2 is 2.04 bits per heavy atom. The van der Waals surface area contributed by atoms with Crippen LogP contribution in [0.5, 0.6) is 0 Å². The van der Waals surface area contributed by atoms with Crippen LogP contribution in [0.1, 0.15) is 17.5 Å². The summed E-state index contributed by atoms with van der Waals surface area (Å²) in [5, 5.41) is 11.0. The summed E-state index contributed by atoms with van der Waals surface area (Å²) in [6.07, 6.45) is 1.15. The van der Waals surface area contributed by atoms with Gasteiger partial charge in [-0.15, -0.1) is 0 Å². The van der Waals surface area contributed by atoms with Crippen molar-refractivity contribution in [3.05, 3.63) is 83.8 Å². The number of carbonyl (C=O) groups is 1. The van der Waals surface area contributed by atoms with Gasteiger partial charge >= 0.3 is 0 Å². The molecular weight excluding hydrogens is 347 g/mol. The number of benzene rings is 2. The van der Waals surface area contributed by atoms with E-state index in [-0.39, 0.29) is 18.1 Å². The molecule has 1 amide bonds. The van der Waals surface area contributed by atoms with Gasteiger partial charge in [0.25, 0.3) is 5.91 Å². The summed E-state index contributed by atoms with van der Waals surface area (Å²) in [7, 11) is 0. The molecule has 6 nitrogen and oxygen atoms in total. The van der Waals surface area contributed by atoms with Gasteiger partial charge in [0.05, 0.1) is 18.5 Å². The van der Waals surface area contributed by atoms with Crippen molar-refractivity contribution in [1.29, 1.82) is 0 Å². The monoisotopic (exact) mass is 364 g/mol. The molecule has 1 N–H and O–H groups in total. The standard InChI is InChI=1S/C20H17FN4O2/c21-16-8-4-7-15(11-16)17-12-18(27-24-17)20(26)23-19-9-10-22-25(19)13-14-5-2-1-3-6-14/h1-11,18H,12-13H2,(H,23,26). The lowest BCUT2D eigenvalue weighted by molar-refractivity contribution is -0.125. The molecule has 0 aliphatic carbocycles. The number of hydrogen-bond acceptors (Lipinski definition) is 4. The third-order valence-corrected chi connectivity index (χ3v) is 4.26. The maximum absolute atomic E-state index is 13.4. The van der Waals surface area contributed by atoms with Crippen LogP contribution in [0.15, 0.2) is 72.0 Å². The first kappa shape index (κ1) is 17.0. The summed E-state index contributed by atoms with van der Waals surface area (Å²) in [6, 6.07) is 17.6. The van der Waals surface area contributed by atoms with Gasteiger partial charge in [0.1, 0.15) is 11.6 Å². The van der Waals surface area contributed by atoms with E-state index in [4.69, 9.17) is 4.84 Å². The molecule has 1 unspecified atom stereocenters. The molecule has 3 aromatic rings. The summed E-state index contributed by atoms with van der Waals surface area (Å²) in [5.74, 6) is -0.0976. The molecule has 1 aromatic heterocycles. The Hall–Kier alpha value is -3.48. The summed E-state index contributed by atoms with van der Waals surface area (Å²) in [4.78, 5) is 17.8. The van der Waals surface area contributed by atoms with Gasteiger partial charge in [-0.3, -0.25) is 4.79 Å². The third-order valence-electron chi connectivity index (χ3n) is 4.26. The number of hydrogen-bond donors (Lipinski definition) is 1. The highest BCUT2D eigenvalue weighted by Gasteiger charge is 2.29. The lowest BCUT2D eigenvalue weighted by atomic mass is 10.0. The predicted molar refractivity (Wildman–Crippen MR) is 98.8 cm³/mol. The number of amides is 1. The maximum atomic E-state index is 13.4. The predicted octanol–water partition coefficient (Wildman–Crippen LogP) is 3.20. The number of anilines is 1. The van der Waals surface area contributed by atoms with E-state index < -0.39 is 6.10 Å².